The van der Waals surface area contributed by atoms with Crippen molar-refractivity contribution in [1.29, 1.82) is 0 Å². The molecule has 2 aromatic rings. The maximum Gasteiger partial charge on any atom is 0.266 e. The number of anilines is 1. The number of hydrogen-bond acceptors (Lipinski definition) is 8. The van der Waals surface area contributed by atoms with Gasteiger partial charge in [0.1, 0.15) is 9.33 Å². The highest BCUT2D eigenvalue weighted by Crippen LogP contribution is 2.33. The maximum absolute atomic E-state index is 12.6. The summed E-state index contributed by atoms with van der Waals surface area (Å²) in [6.07, 6.45) is 4.36. The standard InChI is InChI=1S/C19H22N4OS4/c1-12(2)10-16-21-22-18(28-16)20-13(3)6-4-8-23-17(24)15(27-19(23)25)11-14-7-5-9-26-14/h5,7,9,11-12H,3-4,6,8,10H2,1-2H3,(H,20,22)/b15-11-. The lowest BCUT2D eigenvalue weighted by Crippen LogP contribution is -2.29. The van der Waals surface area contributed by atoms with Gasteiger partial charge in [-0.2, -0.15) is 0 Å². The molecule has 3 rings (SSSR count). The SMILES string of the molecule is C=C(CCCN1C(=O)/C(=C/c2cccs2)SC1=S)Nc1nnc(CC(C)C)s1. The van der Waals surface area contributed by atoms with Crippen molar-refractivity contribution in [2.24, 2.45) is 5.92 Å². The summed E-state index contributed by atoms with van der Waals surface area (Å²) in [5, 5.41) is 15.4. The van der Waals surface area contributed by atoms with Gasteiger partial charge in [0.25, 0.3) is 5.91 Å². The zero-order valence-corrected chi connectivity index (χ0v) is 19.1. The highest BCUT2D eigenvalue weighted by Gasteiger charge is 2.31. The molecule has 1 N–H and O–H groups in total. The fraction of sp³-hybridized carbons (Fsp3) is 0.368. The summed E-state index contributed by atoms with van der Waals surface area (Å²) in [4.78, 5) is 16.0. The molecule has 0 aliphatic carbocycles. The number of nitrogens with one attached hydrogen (secondary N) is 1. The van der Waals surface area contributed by atoms with Crippen LogP contribution in [0.2, 0.25) is 0 Å². The monoisotopic (exact) mass is 450 g/mol. The maximum atomic E-state index is 12.6. The van der Waals surface area contributed by atoms with Crippen LogP contribution < -0.4 is 5.32 Å². The summed E-state index contributed by atoms with van der Waals surface area (Å²) in [5.41, 5.74) is 0.867. The van der Waals surface area contributed by atoms with Gasteiger partial charge >= 0.3 is 0 Å². The van der Waals surface area contributed by atoms with Crippen molar-refractivity contribution < 1.29 is 4.79 Å². The van der Waals surface area contributed by atoms with Gasteiger partial charge in [0.05, 0.1) is 4.91 Å². The summed E-state index contributed by atoms with van der Waals surface area (Å²) in [6.45, 7) is 8.98. The van der Waals surface area contributed by atoms with Crippen molar-refractivity contribution in [3.8, 4) is 0 Å². The molecule has 1 fully saturated rings. The molecule has 9 heteroatoms. The average Bonchev–Trinajstić information content (AvgIpc) is 3.33. The smallest absolute Gasteiger partial charge is 0.266 e. The molecule has 0 aromatic carbocycles. The predicted molar refractivity (Wildman–Crippen MR) is 125 cm³/mol. The first-order chi connectivity index (χ1) is 13.4. The van der Waals surface area contributed by atoms with Gasteiger partial charge in [-0.15, -0.1) is 21.5 Å². The Morgan fingerprint density at radius 2 is 2.25 bits per heavy atom. The van der Waals surface area contributed by atoms with Crippen LogP contribution in [-0.2, 0) is 11.2 Å². The van der Waals surface area contributed by atoms with E-state index in [-0.39, 0.29) is 5.91 Å². The minimum absolute atomic E-state index is 0.00979. The van der Waals surface area contributed by atoms with Gasteiger partial charge in [0.15, 0.2) is 0 Å². The Labute approximate surface area is 182 Å². The molecule has 0 bridgehead atoms. The number of hydrogen-bond donors (Lipinski definition) is 1. The van der Waals surface area contributed by atoms with Gasteiger partial charge in [0.2, 0.25) is 5.13 Å². The van der Waals surface area contributed by atoms with Gasteiger partial charge in [-0.05, 0) is 36.3 Å². The third-order valence-electron chi connectivity index (χ3n) is 3.88. The number of carbonyl (C=O) groups excluding carboxylic acids is 1. The third-order valence-corrected chi connectivity index (χ3v) is 6.94. The van der Waals surface area contributed by atoms with Gasteiger partial charge in [-0.1, -0.05) is 61.8 Å². The largest absolute Gasteiger partial charge is 0.334 e. The minimum atomic E-state index is -0.00979. The highest BCUT2D eigenvalue weighted by molar-refractivity contribution is 8.26. The molecule has 1 saturated heterocycles. The lowest BCUT2D eigenvalue weighted by molar-refractivity contribution is -0.122. The first kappa shape index (κ1) is 21.2. The lowest BCUT2D eigenvalue weighted by Gasteiger charge is -2.14. The Bertz CT molecular complexity index is 886. The summed E-state index contributed by atoms with van der Waals surface area (Å²) < 4.78 is 0.619. The van der Waals surface area contributed by atoms with Crippen molar-refractivity contribution >= 4 is 68.1 Å². The molecule has 3 heterocycles. The fourth-order valence-corrected chi connectivity index (χ4v) is 5.63. The predicted octanol–water partition coefficient (Wildman–Crippen LogP) is 5.41. The van der Waals surface area contributed by atoms with E-state index >= 15 is 0 Å². The first-order valence-corrected chi connectivity index (χ1v) is 11.9. The Kier molecular flexibility index (Phi) is 7.39. The quantitative estimate of drug-likeness (QED) is 0.407. The molecule has 28 heavy (non-hydrogen) atoms. The van der Waals surface area contributed by atoms with Crippen LogP contribution in [0.15, 0.2) is 34.7 Å². The number of thiocarbonyl (C=S) groups is 1. The molecule has 1 amide bonds. The van der Waals surface area contributed by atoms with Gasteiger partial charge in [-0.3, -0.25) is 9.69 Å². The van der Waals surface area contributed by atoms with E-state index in [0.29, 0.717) is 21.7 Å². The number of nitrogens with zero attached hydrogens (tertiary/aromatic N) is 3. The zero-order valence-electron chi connectivity index (χ0n) is 15.8. The average molecular weight is 451 g/mol. The molecule has 0 atom stereocenters. The van der Waals surface area contributed by atoms with Crippen molar-refractivity contribution in [2.45, 2.75) is 33.1 Å². The first-order valence-electron chi connectivity index (χ1n) is 8.98. The summed E-state index contributed by atoms with van der Waals surface area (Å²) in [6, 6.07) is 3.96. The van der Waals surface area contributed by atoms with E-state index in [0.717, 1.165) is 40.0 Å². The number of rotatable bonds is 9. The third kappa shape index (κ3) is 5.73. The highest BCUT2D eigenvalue weighted by atomic mass is 32.2. The number of aromatic nitrogens is 2. The van der Waals surface area contributed by atoms with Crippen LogP contribution in [0, 0.1) is 5.92 Å². The minimum Gasteiger partial charge on any atom is -0.334 e. The Balaban J connectivity index is 1.46. The van der Waals surface area contributed by atoms with Crippen molar-refractivity contribution in [3.63, 3.8) is 0 Å². The second kappa shape index (κ2) is 9.78. The van der Waals surface area contributed by atoms with Crippen LogP contribution in [0.5, 0.6) is 0 Å². The fourth-order valence-electron chi connectivity index (χ4n) is 2.60. The van der Waals surface area contributed by atoms with E-state index in [1.165, 1.54) is 11.8 Å². The van der Waals surface area contributed by atoms with Gasteiger partial charge < -0.3 is 5.32 Å². The second-order valence-corrected chi connectivity index (χ2v) is 10.5. The molecule has 0 radical (unpaired) electrons. The molecule has 0 saturated carbocycles. The van der Waals surface area contributed by atoms with E-state index in [2.05, 4.69) is 35.9 Å². The molecule has 1 aliphatic heterocycles. The van der Waals surface area contributed by atoms with Crippen LogP contribution in [0.3, 0.4) is 0 Å². The van der Waals surface area contributed by atoms with Crippen LogP contribution in [0.25, 0.3) is 6.08 Å². The summed E-state index contributed by atoms with van der Waals surface area (Å²) in [7, 11) is 0. The van der Waals surface area contributed by atoms with E-state index in [4.69, 9.17) is 12.2 Å². The number of allylic oxidation sites excluding steroid dienone is 1. The number of amides is 1. The second-order valence-electron chi connectivity index (χ2n) is 6.78. The summed E-state index contributed by atoms with van der Waals surface area (Å²) >= 11 is 9.93. The lowest BCUT2D eigenvalue weighted by atomic mass is 10.1. The Morgan fingerprint density at radius 1 is 1.43 bits per heavy atom. The number of thioether (sulfide) groups is 1. The van der Waals surface area contributed by atoms with E-state index in [1.807, 2.05) is 23.6 Å². The van der Waals surface area contributed by atoms with Gasteiger partial charge in [0, 0.05) is 23.5 Å². The molecule has 148 valence electrons. The molecule has 1 aliphatic rings. The van der Waals surface area contributed by atoms with Crippen LogP contribution in [-0.4, -0.2) is 31.9 Å². The van der Waals surface area contributed by atoms with Crippen LogP contribution in [0.4, 0.5) is 5.13 Å². The zero-order chi connectivity index (χ0) is 20.1. The van der Waals surface area contributed by atoms with Crippen molar-refractivity contribution in [2.75, 3.05) is 11.9 Å². The molecule has 5 nitrogen and oxygen atoms in total. The van der Waals surface area contributed by atoms with Crippen LogP contribution in [0.1, 0.15) is 36.6 Å². The van der Waals surface area contributed by atoms with E-state index in [1.54, 1.807) is 27.6 Å². The number of thiophene rings is 1. The topological polar surface area (TPSA) is 58.1 Å². The summed E-state index contributed by atoms with van der Waals surface area (Å²) in [5.74, 6) is 0.548. The van der Waals surface area contributed by atoms with Crippen LogP contribution >= 0.6 is 46.7 Å². The van der Waals surface area contributed by atoms with Crippen molar-refractivity contribution in [1.82, 2.24) is 15.1 Å². The Morgan fingerprint density at radius 3 is 2.96 bits per heavy atom. The Hall–Kier alpha value is -1.55. The molecule has 0 spiro atoms. The molecular weight excluding hydrogens is 429 g/mol. The normalized spacial score (nSPS) is 15.8. The van der Waals surface area contributed by atoms with E-state index in [9.17, 15) is 4.79 Å². The van der Waals surface area contributed by atoms with Crippen molar-refractivity contribution in [3.05, 3.63) is 44.6 Å². The molecule has 0 unspecified atom stereocenters. The molecule has 2 aromatic heterocycles. The van der Waals surface area contributed by atoms with E-state index < -0.39 is 0 Å². The molecular formula is C19H22N4OS4. The number of carbonyl (C=O) groups is 1. The van der Waals surface area contributed by atoms with Gasteiger partial charge in [-0.25, -0.2) is 0 Å².